The van der Waals surface area contributed by atoms with Crippen LogP contribution >= 0.6 is 0 Å². The van der Waals surface area contributed by atoms with Gasteiger partial charge in [-0.05, 0) is 34.7 Å². The molecule has 2 amide bonds. The van der Waals surface area contributed by atoms with Crippen LogP contribution in [0.2, 0.25) is 0 Å². The van der Waals surface area contributed by atoms with Crippen LogP contribution in [0, 0.1) is 0 Å². The Morgan fingerprint density at radius 1 is 0.829 bits per heavy atom. The van der Waals surface area contributed by atoms with Crippen molar-refractivity contribution < 1.29 is 23.9 Å². The van der Waals surface area contributed by atoms with Gasteiger partial charge < -0.3 is 20.1 Å². The van der Waals surface area contributed by atoms with E-state index in [1.54, 1.807) is 0 Å². The Balaban J connectivity index is 1.45. The number of carbonyl (C=O) groups is 3. The fourth-order valence-electron chi connectivity index (χ4n) is 4.39. The number of hydrogen-bond acceptors (Lipinski definition) is 5. The molecular formula is C28H28N2O5. The van der Waals surface area contributed by atoms with E-state index in [-0.39, 0.29) is 18.9 Å². The van der Waals surface area contributed by atoms with E-state index in [1.807, 2.05) is 66.7 Å². The van der Waals surface area contributed by atoms with Gasteiger partial charge in [-0.3, -0.25) is 4.79 Å². The van der Waals surface area contributed by atoms with E-state index in [0.717, 1.165) is 27.8 Å². The second-order valence-electron chi connectivity index (χ2n) is 8.47. The van der Waals surface area contributed by atoms with Gasteiger partial charge in [0, 0.05) is 12.3 Å². The maximum atomic E-state index is 12.9. The minimum absolute atomic E-state index is 0.0890. The van der Waals surface area contributed by atoms with E-state index in [2.05, 4.69) is 27.5 Å². The fourth-order valence-corrected chi connectivity index (χ4v) is 4.39. The first-order valence-corrected chi connectivity index (χ1v) is 11.5. The van der Waals surface area contributed by atoms with Crippen molar-refractivity contribution in [3.05, 3.63) is 95.6 Å². The molecule has 35 heavy (non-hydrogen) atoms. The third-order valence-corrected chi connectivity index (χ3v) is 6.15. The molecule has 0 saturated heterocycles. The fraction of sp³-hybridized carbons (Fsp3) is 0.250. The first-order chi connectivity index (χ1) is 17.0. The van der Waals surface area contributed by atoms with Crippen LogP contribution in [0.25, 0.3) is 11.1 Å². The number of methoxy groups -OCH3 is 1. The minimum atomic E-state index is -0.930. The Kier molecular flexibility index (Phi) is 7.45. The SMILES string of the molecule is COC(=O)[C@H](C)NC(=O)[C@H](Cc1ccccc1)NC(=O)OCC1c2ccccc2-c2ccccc21. The molecule has 0 fully saturated rings. The van der Waals surface area contributed by atoms with E-state index in [9.17, 15) is 14.4 Å². The molecule has 7 heteroatoms. The molecule has 3 aromatic rings. The van der Waals surface area contributed by atoms with Crippen LogP contribution in [0.15, 0.2) is 78.9 Å². The molecule has 180 valence electrons. The summed E-state index contributed by atoms with van der Waals surface area (Å²) in [7, 11) is 1.25. The van der Waals surface area contributed by atoms with Crippen LogP contribution in [-0.4, -0.2) is 43.8 Å². The van der Waals surface area contributed by atoms with Crippen molar-refractivity contribution in [1.82, 2.24) is 10.6 Å². The zero-order valence-corrected chi connectivity index (χ0v) is 19.7. The Morgan fingerprint density at radius 2 is 1.40 bits per heavy atom. The van der Waals surface area contributed by atoms with Gasteiger partial charge in [-0.15, -0.1) is 0 Å². The van der Waals surface area contributed by atoms with Crippen molar-refractivity contribution in [3.8, 4) is 11.1 Å². The molecule has 2 N–H and O–H groups in total. The van der Waals surface area contributed by atoms with E-state index in [1.165, 1.54) is 14.0 Å². The molecule has 2 atom stereocenters. The molecule has 0 heterocycles. The number of esters is 1. The van der Waals surface area contributed by atoms with Crippen LogP contribution in [0.3, 0.4) is 0 Å². The Labute approximate surface area is 204 Å². The van der Waals surface area contributed by atoms with E-state index in [0.29, 0.717) is 0 Å². The molecule has 0 aromatic heterocycles. The van der Waals surface area contributed by atoms with Crippen molar-refractivity contribution in [2.24, 2.45) is 0 Å². The lowest BCUT2D eigenvalue weighted by molar-refractivity contribution is -0.144. The monoisotopic (exact) mass is 472 g/mol. The smallest absolute Gasteiger partial charge is 0.407 e. The maximum Gasteiger partial charge on any atom is 0.407 e. The highest BCUT2D eigenvalue weighted by Crippen LogP contribution is 2.44. The Morgan fingerprint density at radius 3 is 2.00 bits per heavy atom. The second-order valence-corrected chi connectivity index (χ2v) is 8.47. The zero-order chi connectivity index (χ0) is 24.8. The summed E-state index contributed by atoms with van der Waals surface area (Å²) < 4.78 is 10.3. The molecule has 0 aliphatic heterocycles. The van der Waals surface area contributed by atoms with Gasteiger partial charge in [0.1, 0.15) is 18.7 Å². The predicted molar refractivity (Wildman–Crippen MR) is 132 cm³/mol. The molecule has 7 nitrogen and oxygen atoms in total. The van der Waals surface area contributed by atoms with Crippen LogP contribution < -0.4 is 10.6 Å². The molecule has 0 unspecified atom stereocenters. The number of amides is 2. The molecule has 0 spiro atoms. The summed E-state index contributed by atoms with van der Waals surface area (Å²) in [6.45, 7) is 1.66. The predicted octanol–water partition coefficient (Wildman–Crippen LogP) is 3.81. The quantitative estimate of drug-likeness (QED) is 0.486. The van der Waals surface area contributed by atoms with E-state index < -0.39 is 30.1 Å². The lowest BCUT2D eigenvalue weighted by atomic mass is 9.98. The van der Waals surface area contributed by atoms with Crippen molar-refractivity contribution in [1.29, 1.82) is 0 Å². The summed E-state index contributed by atoms with van der Waals surface area (Å²) in [4.78, 5) is 37.5. The van der Waals surface area contributed by atoms with Crippen LogP contribution in [-0.2, 0) is 25.5 Å². The number of alkyl carbamates (subject to hydrolysis) is 1. The molecule has 0 bridgehead atoms. The molecule has 4 rings (SSSR count). The Bertz CT molecular complexity index is 1170. The molecule has 0 radical (unpaired) electrons. The van der Waals surface area contributed by atoms with E-state index >= 15 is 0 Å². The van der Waals surface area contributed by atoms with Crippen molar-refractivity contribution >= 4 is 18.0 Å². The number of nitrogens with one attached hydrogen (secondary N) is 2. The average molecular weight is 473 g/mol. The normalized spacial score (nSPS) is 13.7. The number of hydrogen-bond donors (Lipinski definition) is 2. The summed E-state index contributed by atoms with van der Waals surface area (Å²) in [6, 6.07) is 23.7. The number of carbonyl (C=O) groups excluding carboxylic acids is 3. The highest BCUT2D eigenvalue weighted by molar-refractivity contribution is 5.89. The summed E-state index contributed by atoms with van der Waals surface area (Å²) >= 11 is 0. The maximum absolute atomic E-state index is 12.9. The van der Waals surface area contributed by atoms with Crippen LogP contribution in [0.4, 0.5) is 4.79 Å². The largest absolute Gasteiger partial charge is 0.467 e. The molecule has 0 saturated carbocycles. The number of fused-ring (bicyclic) bond motifs is 3. The Hall–Kier alpha value is -4.13. The van der Waals surface area contributed by atoms with Gasteiger partial charge in [-0.2, -0.15) is 0 Å². The van der Waals surface area contributed by atoms with Crippen molar-refractivity contribution in [2.45, 2.75) is 31.3 Å². The van der Waals surface area contributed by atoms with Crippen LogP contribution in [0.5, 0.6) is 0 Å². The van der Waals surface area contributed by atoms with Gasteiger partial charge in [-0.25, -0.2) is 9.59 Å². The van der Waals surface area contributed by atoms with Gasteiger partial charge in [0.25, 0.3) is 0 Å². The van der Waals surface area contributed by atoms with Gasteiger partial charge in [-0.1, -0.05) is 78.9 Å². The zero-order valence-electron chi connectivity index (χ0n) is 19.7. The lowest BCUT2D eigenvalue weighted by Gasteiger charge is -2.21. The minimum Gasteiger partial charge on any atom is -0.467 e. The van der Waals surface area contributed by atoms with Crippen LogP contribution in [0.1, 0.15) is 29.5 Å². The first-order valence-electron chi connectivity index (χ1n) is 11.5. The third-order valence-electron chi connectivity index (χ3n) is 6.15. The molecular weight excluding hydrogens is 444 g/mol. The summed E-state index contributed by atoms with van der Waals surface area (Å²) in [6.07, 6.45) is -0.459. The summed E-state index contributed by atoms with van der Waals surface area (Å²) in [5.74, 6) is -1.16. The highest BCUT2D eigenvalue weighted by Gasteiger charge is 2.30. The van der Waals surface area contributed by atoms with Gasteiger partial charge in [0.2, 0.25) is 5.91 Å². The number of rotatable bonds is 8. The van der Waals surface area contributed by atoms with Gasteiger partial charge in [0.05, 0.1) is 7.11 Å². The third kappa shape index (κ3) is 5.51. The summed E-state index contributed by atoms with van der Waals surface area (Å²) in [5, 5.41) is 5.27. The summed E-state index contributed by atoms with van der Waals surface area (Å²) in [5.41, 5.74) is 5.33. The standard InChI is InChI=1S/C28H28N2O5/c1-18(27(32)34-2)29-26(31)25(16-19-10-4-3-5-11-19)30-28(33)35-17-24-22-14-8-6-12-20(22)21-13-7-9-15-23(21)24/h3-15,18,24-25H,16-17H2,1-2H3,(H,29,31)(H,30,33)/t18-,25-/m0/s1. The molecule has 1 aliphatic carbocycles. The average Bonchev–Trinajstić information content (AvgIpc) is 3.20. The number of benzene rings is 3. The van der Waals surface area contributed by atoms with Gasteiger partial charge in [0.15, 0.2) is 0 Å². The van der Waals surface area contributed by atoms with Crippen molar-refractivity contribution in [3.63, 3.8) is 0 Å². The highest BCUT2D eigenvalue weighted by atomic mass is 16.5. The molecule has 1 aliphatic rings. The van der Waals surface area contributed by atoms with E-state index in [4.69, 9.17) is 4.74 Å². The first kappa shape index (κ1) is 24.0. The topological polar surface area (TPSA) is 93.7 Å². The second kappa shape index (κ2) is 10.9. The van der Waals surface area contributed by atoms with Gasteiger partial charge >= 0.3 is 12.1 Å². The van der Waals surface area contributed by atoms with Crippen molar-refractivity contribution in [2.75, 3.05) is 13.7 Å². The number of ether oxygens (including phenoxy) is 2. The molecule has 3 aromatic carbocycles. The lowest BCUT2D eigenvalue weighted by Crippen LogP contribution is -2.52.